The first-order chi connectivity index (χ1) is 10.1. The maximum atomic E-state index is 12.5. The fourth-order valence-electron chi connectivity index (χ4n) is 2.69. The number of esters is 1. The Labute approximate surface area is 122 Å². The Morgan fingerprint density at radius 2 is 2.00 bits per heavy atom. The quantitative estimate of drug-likeness (QED) is 0.767. The van der Waals surface area contributed by atoms with E-state index >= 15 is 0 Å². The number of ether oxygens (including phenoxy) is 3. The topological polar surface area (TPSA) is 65.1 Å². The summed E-state index contributed by atoms with van der Waals surface area (Å²) in [7, 11) is 1.27. The van der Waals surface area contributed by atoms with Crippen molar-refractivity contribution in [2.75, 3.05) is 7.11 Å². The number of methoxy groups -OCH3 is 1. The summed E-state index contributed by atoms with van der Waals surface area (Å²) in [5.74, 6) is -0.819. The summed E-state index contributed by atoms with van der Waals surface area (Å²) in [6.07, 6.45) is -2.49. The molecule has 2 fully saturated rings. The second-order valence-electron chi connectivity index (χ2n) is 5.20. The van der Waals surface area contributed by atoms with Crippen LogP contribution in [0.1, 0.15) is 12.5 Å². The first-order valence-corrected chi connectivity index (χ1v) is 6.85. The smallest absolute Gasteiger partial charge is 0.338 e. The Morgan fingerprint density at radius 1 is 1.29 bits per heavy atom. The maximum Gasteiger partial charge on any atom is 0.338 e. The number of amides is 1. The van der Waals surface area contributed by atoms with E-state index in [1.807, 2.05) is 37.3 Å². The standard InChI is InChI=1S/C15H17NO5/c1-9-15-20-11(12(21-15)14(18)19-2)13(17)16(9)8-10-6-4-3-5-7-10/h3-7,9,11-12,15H,8H2,1-2H3/t9-,11-,12-,15+/m0/s1. The van der Waals surface area contributed by atoms with Gasteiger partial charge in [-0.1, -0.05) is 30.3 Å². The maximum absolute atomic E-state index is 12.5. The van der Waals surface area contributed by atoms with Crippen LogP contribution in [0.15, 0.2) is 30.3 Å². The van der Waals surface area contributed by atoms with E-state index in [1.54, 1.807) is 4.90 Å². The van der Waals surface area contributed by atoms with Crippen molar-refractivity contribution in [2.24, 2.45) is 0 Å². The van der Waals surface area contributed by atoms with Gasteiger partial charge in [0.05, 0.1) is 13.2 Å². The van der Waals surface area contributed by atoms with Crippen molar-refractivity contribution in [3.8, 4) is 0 Å². The van der Waals surface area contributed by atoms with Crippen LogP contribution in [-0.2, 0) is 30.3 Å². The van der Waals surface area contributed by atoms with Crippen molar-refractivity contribution < 1.29 is 23.8 Å². The number of fused-ring (bicyclic) bond motifs is 2. The van der Waals surface area contributed by atoms with Crippen LogP contribution < -0.4 is 0 Å². The Balaban J connectivity index is 1.81. The highest BCUT2D eigenvalue weighted by molar-refractivity contribution is 5.90. The number of benzene rings is 1. The molecule has 0 aromatic heterocycles. The van der Waals surface area contributed by atoms with E-state index in [0.717, 1.165) is 5.56 Å². The zero-order valence-electron chi connectivity index (χ0n) is 11.9. The van der Waals surface area contributed by atoms with Gasteiger partial charge >= 0.3 is 5.97 Å². The minimum Gasteiger partial charge on any atom is -0.467 e. The first kappa shape index (κ1) is 14.0. The number of carbonyl (C=O) groups is 2. The summed E-state index contributed by atoms with van der Waals surface area (Å²) < 4.78 is 15.7. The monoisotopic (exact) mass is 291 g/mol. The zero-order chi connectivity index (χ0) is 15.0. The van der Waals surface area contributed by atoms with Crippen molar-refractivity contribution in [1.82, 2.24) is 4.90 Å². The van der Waals surface area contributed by atoms with Crippen molar-refractivity contribution in [3.05, 3.63) is 35.9 Å². The summed E-state index contributed by atoms with van der Waals surface area (Å²) >= 11 is 0. The molecule has 2 heterocycles. The predicted octanol–water partition coefficient (Wildman–Crippen LogP) is 0.700. The van der Waals surface area contributed by atoms with Gasteiger partial charge in [-0.3, -0.25) is 4.79 Å². The molecular weight excluding hydrogens is 274 g/mol. The number of hydrogen-bond donors (Lipinski definition) is 0. The molecule has 0 saturated carbocycles. The molecule has 1 aromatic carbocycles. The molecule has 2 aliphatic heterocycles. The second kappa shape index (κ2) is 5.46. The van der Waals surface area contributed by atoms with Crippen molar-refractivity contribution in [2.45, 2.75) is 38.0 Å². The van der Waals surface area contributed by atoms with E-state index in [4.69, 9.17) is 9.47 Å². The third-order valence-electron chi connectivity index (χ3n) is 3.88. The third kappa shape index (κ3) is 2.41. The fraction of sp³-hybridized carbons (Fsp3) is 0.467. The summed E-state index contributed by atoms with van der Waals surface area (Å²) in [5, 5.41) is 0. The minimum absolute atomic E-state index is 0.240. The molecule has 2 aliphatic rings. The normalized spacial score (nSPS) is 31.3. The van der Waals surface area contributed by atoms with Gasteiger partial charge in [0, 0.05) is 6.54 Å². The fourth-order valence-corrected chi connectivity index (χ4v) is 2.69. The Kier molecular flexibility index (Phi) is 3.65. The average molecular weight is 291 g/mol. The van der Waals surface area contributed by atoms with E-state index in [-0.39, 0.29) is 11.9 Å². The molecule has 4 atom stereocenters. The molecule has 0 aliphatic carbocycles. The lowest BCUT2D eigenvalue weighted by Gasteiger charge is -2.36. The van der Waals surface area contributed by atoms with Crippen LogP contribution in [-0.4, -0.2) is 48.4 Å². The Hall–Kier alpha value is -1.92. The molecule has 0 spiro atoms. The lowest BCUT2D eigenvalue weighted by molar-refractivity contribution is -0.175. The van der Waals surface area contributed by atoms with Gasteiger partial charge in [-0.2, -0.15) is 0 Å². The van der Waals surface area contributed by atoms with Gasteiger partial charge in [0.15, 0.2) is 18.5 Å². The van der Waals surface area contributed by atoms with Crippen LogP contribution in [0.4, 0.5) is 0 Å². The Bertz CT molecular complexity index is 546. The van der Waals surface area contributed by atoms with Crippen LogP contribution in [0.5, 0.6) is 0 Å². The highest BCUT2D eigenvalue weighted by Crippen LogP contribution is 2.32. The van der Waals surface area contributed by atoms with Crippen LogP contribution in [0.25, 0.3) is 0 Å². The summed E-state index contributed by atoms with van der Waals surface area (Å²) in [5.41, 5.74) is 1.02. The number of rotatable bonds is 3. The summed E-state index contributed by atoms with van der Waals surface area (Å²) in [6.45, 7) is 2.32. The molecule has 1 amide bonds. The van der Waals surface area contributed by atoms with Gasteiger partial charge in [-0.25, -0.2) is 4.79 Å². The van der Waals surface area contributed by atoms with E-state index in [9.17, 15) is 9.59 Å². The van der Waals surface area contributed by atoms with Gasteiger partial charge < -0.3 is 19.1 Å². The SMILES string of the molecule is COC(=O)[C@H]1O[C@H]2O[C@@H]1C(=O)N(Cc1ccccc1)[C@H]2C. The number of carbonyl (C=O) groups excluding carboxylic acids is 2. The molecule has 0 N–H and O–H groups in total. The van der Waals surface area contributed by atoms with Gasteiger partial charge in [-0.15, -0.1) is 0 Å². The van der Waals surface area contributed by atoms with Crippen molar-refractivity contribution in [3.63, 3.8) is 0 Å². The molecule has 3 rings (SSSR count). The summed E-state index contributed by atoms with van der Waals surface area (Å²) in [4.78, 5) is 25.9. The third-order valence-corrected chi connectivity index (χ3v) is 3.88. The number of hydrogen-bond acceptors (Lipinski definition) is 5. The van der Waals surface area contributed by atoms with E-state index < -0.39 is 24.5 Å². The van der Waals surface area contributed by atoms with Crippen LogP contribution in [0.3, 0.4) is 0 Å². The highest BCUT2D eigenvalue weighted by Gasteiger charge is 2.54. The summed E-state index contributed by atoms with van der Waals surface area (Å²) in [6, 6.07) is 9.42. The average Bonchev–Trinajstić information content (AvgIpc) is 2.92. The predicted molar refractivity (Wildman–Crippen MR) is 72.0 cm³/mol. The molecule has 21 heavy (non-hydrogen) atoms. The van der Waals surface area contributed by atoms with Crippen LogP contribution in [0.2, 0.25) is 0 Å². The molecule has 0 radical (unpaired) electrons. The van der Waals surface area contributed by atoms with Gasteiger partial charge in [0.1, 0.15) is 0 Å². The molecule has 1 aromatic rings. The second-order valence-corrected chi connectivity index (χ2v) is 5.20. The number of nitrogens with zero attached hydrogens (tertiary/aromatic N) is 1. The van der Waals surface area contributed by atoms with Gasteiger partial charge in [0.2, 0.25) is 0 Å². The van der Waals surface area contributed by atoms with Crippen molar-refractivity contribution in [1.29, 1.82) is 0 Å². The van der Waals surface area contributed by atoms with E-state index in [0.29, 0.717) is 6.54 Å². The first-order valence-electron chi connectivity index (χ1n) is 6.85. The van der Waals surface area contributed by atoms with Crippen molar-refractivity contribution >= 4 is 11.9 Å². The highest BCUT2D eigenvalue weighted by atomic mass is 16.7. The largest absolute Gasteiger partial charge is 0.467 e. The zero-order valence-corrected chi connectivity index (χ0v) is 11.9. The molecule has 112 valence electrons. The van der Waals surface area contributed by atoms with E-state index in [1.165, 1.54) is 7.11 Å². The molecule has 0 unspecified atom stereocenters. The molecule has 2 saturated heterocycles. The minimum atomic E-state index is -0.976. The molecule has 6 heteroatoms. The van der Waals surface area contributed by atoms with E-state index in [2.05, 4.69) is 4.74 Å². The van der Waals surface area contributed by atoms with Crippen LogP contribution in [0, 0.1) is 0 Å². The Morgan fingerprint density at radius 3 is 2.67 bits per heavy atom. The molecular formula is C15H17NO5. The molecule has 2 bridgehead atoms. The van der Waals surface area contributed by atoms with Gasteiger partial charge in [-0.05, 0) is 12.5 Å². The van der Waals surface area contributed by atoms with Crippen LogP contribution >= 0.6 is 0 Å². The lowest BCUT2D eigenvalue weighted by Crippen LogP contribution is -2.54. The number of morpholine rings is 1. The molecule has 6 nitrogen and oxygen atoms in total. The lowest BCUT2D eigenvalue weighted by atomic mass is 10.1. The van der Waals surface area contributed by atoms with Gasteiger partial charge in [0.25, 0.3) is 5.91 Å².